The van der Waals surface area contributed by atoms with E-state index in [0.717, 1.165) is 11.3 Å². The van der Waals surface area contributed by atoms with Crippen molar-refractivity contribution in [3.63, 3.8) is 0 Å². The molecule has 3 rings (SSSR count). The molecule has 0 bridgehead atoms. The average molecular weight is 372 g/mol. The molecule has 0 unspecified atom stereocenters. The Hall–Kier alpha value is -2.40. The molecule has 2 amide bonds. The van der Waals surface area contributed by atoms with Crippen LogP contribution in [-0.2, 0) is 22.6 Å². The summed E-state index contributed by atoms with van der Waals surface area (Å²) in [5, 5.41) is 3.61. The van der Waals surface area contributed by atoms with Crippen LogP contribution in [0.2, 0.25) is 5.02 Å². The van der Waals surface area contributed by atoms with Gasteiger partial charge in [0, 0.05) is 30.2 Å². The van der Waals surface area contributed by atoms with Gasteiger partial charge in [-0.15, -0.1) is 0 Å². The largest absolute Gasteiger partial charge is 0.350 e. The first kappa shape index (κ1) is 18.4. The summed E-state index contributed by atoms with van der Waals surface area (Å²) < 4.78 is 0. The first-order valence-electron chi connectivity index (χ1n) is 8.81. The number of nitrogens with one attached hydrogen (secondary N) is 1. The van der Waals surface area contributed by atoms with Crippen molar-refractivity contribution in [1.82, 2.24) is 15.2 Å². The molecular weight excluding hydrogens is 350 g/mol. The highest BCUT2D eigenvalue weighted by Crippen LogP contribution is 2.19. The lowest BCUT2D eigenvalue weighted by atomic mass is 9.95. The maximum absolute atomic E-state index is 12.4. The van der Waals surface area contributed by atoms with E-state index in [4.69, 9.17) is 11.6 Å². The van der Waals surface area contributed by atoms with Crippen molar-refractivity contribution in [1.29, 1.82) is 0 Å². The van der Waals surface area contributed by atoms with E-state index in [1.807, 2.05) is 35.2 Å². The molecule has 1 aromatic heterocycles. The van der Waals surface area contributed by atoms with Gasteiger partial charge in [-0.05, 0) is 42.7 Å². The standard InChI is InChI=1S/C20H22ClN3O2/c21-17-6-4-15(5-7-17)13-19(25)24-11-8-16(9-12-24)20(26)23-14-18-3-1-2-10-22-18/h1-7,10,16H,8-9,11-14H2,(H,23,26). The molecule has 0 saturated carbocycles. The summed E-state index contributed by atoms with van der Waals surface area (Å²) in [6.45, 7) is 1.68. The highest BCUT2D eigenvalue weighted by atomic mass is 35.5. The summed E-state index contributed by atoms with van der Waals surface area (Å²) >= 11 is 5.87. The summed E-state index contributed by atoms with van der Waals surface area (Å²) in [6.07, 6.45) is 3.47. The second-order valence-electron chi connectivity index (χ2n) is 6.50. The Kier molecular flexibility index (Phi) is 6.23. The molecule has 1 N–H and O–H groups in total. The minimum absolute atomic E-state index is 0.0421. The first-order chi connectivity index (χ1) is 12.6. The predicted molar refractivity (Wildman–Crippen MR) is 101 cm³/mol. The van der Waals surface area contributed by atoms with Crippen LogP contribution in [0.5, 0.6) is 0 Å². The van der Waals surface area contributed by atoms with Crippen molar-refractivity contribution < 1.29 is 9.59 Å². The number of hydrogen-bond acceptors (Lipinski definition) is 3. The van der Waals surface area contributed by atoms with Crippen molar-refractivity contribution in [3.05, 3.63) is 64.9 Å². The van der Waals surface area contributed by atoms with Crippen LogP contribution in [-0.4, -0.2) is 34.8 Å². The van der Waals surface area contributed by atoms with Crippen molar-refractivity contribution in [3.8, 4) is 0 Å². The van der Waals surface area contributed by atoms with Crippen molar-refractivity contribution in [2.75, 3.05) is 13.1 Å². The topological polar surface area (TPSA) is 62.3 Å². The highest BCUT2D eigenvalue weighted by Gasteiger charge is 2.27. The number of carbonyl (C=O) groups is 2. The van der Waals surface area contributed by atoms with Crippen LogP contribution in [0.15, 0.2) is 48.7 Å². The summed E-state index contributed by atoms with van der Waals surface area (Å²) in [4.78, 5) is 30.8. The zero-order chi connectivity index (χ0) is 18.4. The molecule has 0 radical (unpaired) electrons. The summed E-state index contributed by atoms with van der Waals surface area (Å²) in [6, 6.07) is 13.0. The summed E-state index contributed by atoms with van der Waals surface area (Å²) in [7, 11) is 0. The zero-order valence-electron chi connectivity index (χ0n) is 14.5. The first-order valence-corrected chi connectivity index (χ1v) is 9.19. The third-order valence-electron chi connectivity index (χ3n) is 4.66. The van der Waals surface area contributed by atoms with E-state index < -0.39 is 0 Å². The molecule has 136 valence electrons. The Labute approximate surface area is 158 Å². The van der Waals surface area contributed by atoms with Crippen molar-refractivity contribution in [2.24, 2.45) is 5.92 Å². The molecule has 1 aliphatic heterocycles. The SMILES string of the molecule is O=C(NCc1ccccn1)C1CCN(C(=O)Cc2ccc(Cl)cc2)CC1. The lowest BCUT2D eigenvalue weighted by molar-refractivity contribution is -0.135. The second kappa shape index (κ2) is 8.81. The van der Waals surface area contributed by atoms with E-state index in [9.17, 15) is 9.59 Å². The molecule has 1 saturated heterocycles. The van der Waals surface area contributed by atoms with Gasteiger partial charge >= 0.3 is 0 Å². The number of piperidine rings is 1. The van der Waals surface area contributed by atoms with Gasteiger partial charge in [0.1, 0.15) is 0 Å². The molecule has 26 heavy (non-hydrogen) atoms. The minimum atomic E-state index is -0.0432. The van der Waals surface area contributed by atoms with E-state index in [0.29, 0.717) is 43.9 Å². The Morgan fingerprint density at radius 3 is 2.50 bits per heavy atom. The number of aromatic nitrogens is 1. The fourth-order valence-corrected chi connectivity index (χ4v) is 3.23. The van der Waals surface area contributed by atoms with Gasteiger partial charge in [0.2, 0.25) is 11.8 Å². The van der Waals surface area contributed by atoms with E-state index in [1.165, 1.54) is 0 Å². The van der Waals surface area contributed by atoms with Gasteiger partial charge in [0.05, 0.1) is 18.7 Å². The van der Waals surface area contributed by atoms with E-state index >= 15 is 0 Å². The van der Waals surface area contributed by atoms with Crippen LogP contribution in [0, 0.1) is 5.92 Å². The molecular formula is C20H22ClN3O2. The summed E-state index contributed by atoms with van der Waals surface area (Å²) in [5.74, 6) is 0.0958. The van der Waals surface area contributed by atoms with Gasteiger partial charge in [-0.1, -0.05) is 29.8 Å². The number of benzene rings is 1. The minimum Gasteiger partial charge on any atom is -0.350 e. The normalized spacial score (nSPS) is 14.9. The maximum Gasteiger partial charge on any atom is 0.226 e. The predicted octanol–water partition coefficient (Wildman–Crippen LogP) is 2.83. The number of pyridine rings is 1. The van der Waals surface area contributed by atoms with Crippen molar-refractivity contribution in [2.45, 2.75) is 25.8 Å². The number of rotatable bonds is 5. The fraction of sp³-hybridized carbons (Fsp3) is 0.350. The van der Waals surface area contributed by atoms with Crippen LogP contribution >= 0.6 is 11.6 Å². The van der Waals surface area contributed by atoms with Gasteiger partial charge < -0.3 is 10.2 Å². The Morgan fingerprint density at radius 1 is 1.12 bits per heavy atom. The third kappa shape index (κ3) is 5.05. The lowest BCUT2D eigenvalue weighted by Crippen LogP contribution is -2.43. The van der Waals surface area contributed by atoms with Crippen LogP contribution in [0.3, 0.4) is 0 Å². The molecule has 0 atom stereocenters. The van der Waals surface area contributed by atoms with Gasteiger partial charge in [-0.3, -0.25) is 14.6 Å². The number of likely N-dealkylation sites (tertiary alicyclic amines) is 1. The van der Waals surface area contributed by atoms with E-state index in [2.05, 4.69) is 10.3 Å². The van der Waals surface area contributed by atoms with E-state index in [-0.39, 0.29) is 17.7 Å². The third-order valence-corrected chi connectivity index (χ3v) is 4.91. The molecule has 1 aromatic carbocycles. The van der Waals surface area contributed by atoms with E-state index in [1.54, 1.807) is 18.3 Å². The van der Waals surface area contributed by atoms with Gasteiger partial charge in [-0.2, -0.15) is 0 Å². The molecule has 5 nitrogen and oxygen atoms in total. The van der Waals surface area contributed by atoms with Crippen LogP contribution in [0.4, 0.5) is 0 Å². The molecule has 1 aliphatic rings. The number of carbonyl (C=O) groups excluding carboxylic acids is 2. The zero-order valence-corrected chi connectivity index (χ0v) is 15.3. The van der Waals surface area contributed by atoms with Crippen molar-refractivity contribution >= 4 is 23.4 Å². The molecule has 0 spiro atoms. The van der Waals surface area contributed by atoms with Gasteiger partial charge in [-0.25, -0.2) is 0 Å². The highest BCUT2D eigenvalue weighted by molar-refractivity contribution is 6.30. The quantitative estimate of drug-likeness (QED) is 0.879. The van der Waals surface area contributed by atoms with Crippen LogP contribution in [0.25, 0.3) is 0 Å². The number of halogens is 1. The number of nitrogens with zero attached hydrogens (tertiary/aromatic N) is 2. The Bertz CT molecular complexity index is 741. The number of amides is 2. The monoisotopic (exact) mass is 371 g/mol. The van der Waals surface area contributed by atoms with Gasteiger partial charge in [0.15, 0.2) is 0 Å². The smallest absolute Gasteiger partial charge is 0.226 e. The molecule has 1 fully saturated rings. The van der Waals surface area contributed by atoms with Crippen LogP contribution in [0.1, 0.15) is 24.1 Å². The molecule has 0 aliphatic carbocycles. The van der Waals surface area contributed by atoms with Crippen LogP contribution < -0.4 is 5.32 Å². The lowest BCUT2D eigenvalue weighted by Gasteiger charge is -2.31. The number of hydrogen-bond donors (Lipinski definition) is 1. The molecule has 2 heterocycles. The fourth-order valence-electron chi connectivity index (χ4n) is 3.10. The molecule has 6 heteroatoms. The maximum atomic E-state index is 12.4. The summed E-state index contributed by atoms with van der Waals surface area (Å²) in [5.41, 5.74) is 1.80. The molecule has 2 aromatic rings. The van der Waals surface area contributed by atoms with Gasteiger partial charge in [0.25, 0.3) is 0 Å². The Balaban J connectivity index is 1.43. The Morgan fingerprint density at radius 2 is 1.85 bits per heavy atom. The average Bonchev–Trinajstić information content (AvgIpc) is 2.69. The second-order valence-corrected chi connectivity index (χ2v) is 6.93.